The fraction of sp³-hybridized carbons (Fsp3) is 0.538. The van der Waals surface area contributed by atoms with E-state index in [0.29, 0.717) is 11.3 Å². The molecule has 4 heteroatoms. The van der Waals surface area contributed by atoms with E-state index in [9.17, 15) is 8.78 Å². The van der Waals surface area contributed by atoms with Gasteiger partial charge in [0.1, 0.15) is 23.5 Å². The van der Waals surface area contributed by atoms with Crippen LogP contribution in [-0.2, 0) is 0 Å². The van der Waals surface area contributed by atoms with Gasteiger partial charge >= 0.3 is 0 Å². The molecular weight excluding hydrogens is 224 g/mol. The first kappa shape index (κ1) is 12.3. The summed E-state index contributed by atoms with van der Waals surface area (Å²) in [5, 5.41) is 3.26. The van der Waals surface area contributed by atoms with Crippen molar-refractivity contribution < 1.29 is 13.5 Å². The number of ether oxygens (including phenoxy) is 1. The summed E-state index contributed by atoms with van der Waals surface area (Å²) in [5.41, 5.74) is 0.465. The van der Waals surface area contributed by atoms with Crippen LogP contribution in [0.3, 0.4) is 0 Å². The van der Waals surface area contributed by atoms with Crippen LogP contribution in [0, 0.1) is 11.6 Å². The van der Waals surface area contributed by atoms with Crippen LogP contribution in [0.25, 0.3) is 0 Å². The molecule has 2 atom stereocenters. The van der Waals surface area contributed by atoms with Gasteiger partial charge in [-0.25, -0.2) is 8.78 Å². The summed E-state index contributed by atoms with van der Waals surface area (Å²) in [7, 11) is 0. The average Bonchev–Trinajstić information content (AvgIpc) is 2.64. The second kappa shape index (κ2) is 5.00. The first-order valence-electron chi connectivity index (χ1n) is 6.06. The molecule has 2 rings (SSSR count). The molecule has 1 aromatic rings. The molecule has 17 heavy (non-hydrogen) atoms. The standard InChI is InChI=1S/C13H17F2NO/c1-3-5-16-13-10(4-2)17-11-7-8(14)6-9(15)12(11)13/h6-7,10,13,16H,3-5H2,1-2H3. The Morgan fingerprint density at radius 2 is 2.06 bits per heavy atom. The monoisotopic (exact) mass is 241 g/mol. The minimum absolute atomic E-state index is 0.118. The summed E-state index contributed by atoms with van der Waals surface area (Å²) in [6, 6.07) is 2.01. The fourth-order valence-corrected chi connectivity index (χ4v) is 2.23. The molecule has 94 valence electrons. The lowest BCUT2D eigenvalue weighted by atomic mass is 10.0. The van der Waals surface area contributed by atoms with E-state index >= 15 is 0 Å². The molecule has 2 unspecified atom stereocenters. The highest BCUT2D eigenvalue weighted by Gasteiger charge is 2.35. The molecule has 1 heterocycles. The number of fused-ring (bicyclic) bond motifs is 1. The van der Waals surface area contributed by atoms with Crippen molar-refractivity contribution >= 4 is 0 Å². The maximum Gasteiger partial charge on any atom is 0.134 e. The Bertz CT molecular complexity index is 409. The Hall–Kier alpha value is -1.16. The Morgan fingerprint density at radius 3 is 2.71 bits per heavy atom. The van der Waals surface area contributed by atoms with Crippen LogP contribution in [0.5, 0.6) is 5.75 Å². The van der Waals surface area contributed by atoms with Crippen molar-refractivity contribution in [1.82, 2.24) is 5.32 Å². The molecule has 1 aromatic carbocycles. The van der Waals surface area contributed by atoms with E-state index in [4.69, 9.17) is 4.74 Å². The highest BCUT2D eigenvalue weighted by molar-refractivity contribution is 5.42. The van der Waals surface area contributed by atoms with E-state index in [0.717, 1.165) is 25.5 Å². The minimum Gasteiger partial charge on any atom is -0.488 e. The number of rotatable bonds is 4. The van der Waals surface area contributed by atoms with E-state index in [1.165, 1.54) is 6.07 Å². The molecule has 1 N–H and O–H groups in total. The van der Waals surface area contributed by atoms with E-state index in [1.54, 1.807) is 0 Å². The SMILES string of the molecule is CCCNC1c2c(F)cc(F)cc2OC1CC. The summed E-state index contributed by atoms with van der Waals surface area (Å²) >= 11 is 0. The molecule has 0 spiro atoms. The minimum atomic E-state index is -0.591. The maximum atomic E-state index is 13.8. The zero-order valence-electron chi connectivity index (χ0n) is 10.1. The molecule has 2 nitrogen and oxygen atoms in total. The third-order valence-corrected chi connectivity index (χ3v) is 3.03. The Balaban J connectivity index is 2.33. The highest BCUT2D eigenvalue weighted by Crippen LogP contribution is 2.40. The normalized spacial score (nSPS) is 22.4. The van der Waals surface area contributed by atoms with E-state index < -0.39 is 11.6 Å². The first-order valence-corrected chi connectivity index (χ1v) is 6.06. The summed E-state index contributed by atoms with van der Waals surface area (Å²) in [6.45, 7) is 4.82. The second-order valence-corrected chi connectivity index (χ2v) is 4.30. The zero-order chi connectivity index (χ0) is 12.4. The van der Waals surface area contributed by atoms with Crippen molar-refractivity contribution in [3.05, 3.63) is 29.3 Å². The number of hydrogen-bond acceptors (Lipinski definition) is 2. The molecule has 0 amide bonds. The van der Waals surface area contributed by atoms with E-state index in [2.05, 4.69) is 5.32 Å². The van der Waals surface area contributed by atoms with Gasteiger partial charge in [0.2, 0.25) is 0 Å². The van der Waals surface area contributed by atoms with Crippen molar-refractivity contribution in [2.45, 2.75) is 38.8 Å². The molecule has 1 aliphatic heterocycles. The van der Waals surface area contributed by atoms with Gasteiger partial charge in [0.25, 0.3) is 0 Å². The van der Waals surface area contributed by atoms with Crippen molar-refractivity contribution in [3.63, 3.8) is 0 Å². The molecular formula is C13H17F2NO. The summed E-state index contributed by atoms with van der Waals surface area (Å²) in [5.74, 6) is -0.778. The molecule has 0 aromatic heterocycles. The van der Waals surface area contributed by atoms with Crippen LogP contribution in [0.4, 0.5) is 8.78 Å². The molecule has 0 bridgehead atoms. The number of nitrogens with one attached hydrogen (secondary N) is 1. The van der Waals surface area contributed by atoms with Gasteiger partial charge in [0, 0.05) is 12.1 Å². The fourth-order valence-electron chi connectivity index (χ4n) is 2.23. The van der Waals surface area contributed by atoms with Gasteiger partial charge < -0.3 is 10.1 Å². The third-order valence-electron chi connectivity index (χ3n) is 3.03. The Labute approximate surface area is 100.0 Å². The van der Waals surface area contributed by atoms with Crippen LogP contribution in [-0.4, -0.2) is 12.6 Å². The maximum absolute atomic E-state index is 13.8. The van der Waals surface area contributed by atoms with Crippen LogP contribution >= 0.6 is 0 Å². The zero-order valence-corrected chi connectivity index (χ0v) is 10.1. The smallest absolute Gasteiger partial charge is 0.134 e. The molecule has 0 fully saturated rings. The van der Waals surface area contributed by atoms with Gasteiger partial charge in [-0.2, -0.15) is 0 Å². The van der Waals surface area contributed by atoms with Crippen LogP contribution in [0.1, 0.15) is 38.3 Å². The largest absolute Gasteiger partial charge is 0.488 e. The Morgan fingerprint density at radius 1 is 1.29 bits per heavy atom. The van der Waals surface area contributed by atoms with Gasteiger partial charge in [-0.05, 0) is 19.4 Å². The molecule has 0 radical (unpaired) electrons. The highest BCUT2D eigenvalue weighted by atomic mass is 19.1. The Kier molecular flexibility index (Phi) is 3.62. The van der Waals surface area contributed by atoms with Gasteiger partial charge in [-0.3, -0.25) is 0 Å². The van der Waals surface area contributed by atoms with Gasteiger partial charge in [-0.1, -0.05) is 13.8 Å². The van der Waals surface area contributed by atoms with Crippen molar-refractivity contribution in [3.8, 4) is 5.75 Å². The topological polar surface area (TPSA) is 21.3 Å². The van der Waals surface area contributed by atoms with Gasteiger partial charge in [0.05, 0.1) is 11.6 Å². The molecule has 0 aliphatic carbocycles. The van der Waals surface area contributed by atoms with Crippen molar-refractivity contribution in [2.75, 3.05) is 6.54 Å². The van der Waals surface area contributed by atoms with Crippen LogP contribution in [0.15, 0.2) is 12.1 Å². The van der Waals surface area contributed by atoms with Crippen LogP contribution in [0.2, 0.25) is 0 Å². The van der Waals surface area contributed by atoms with Crippen molar-refractivity contribution in [1.29, 1.82) is 0 Å². The number of benzene rings is 1. The summed E-state index contributed by atoms with van der Waals surface area (Å²) < 4.78 is 32.5. The summed E-state index contributed by atoms with van der Waals surface area (Å²) in [6.07, 6.45) is 1.61. The lowest BCUT2D eigenvalue weighted by Crippen LogP contribution is -2.31. The number of hydrogen-bond donors (Lipinski definition) is 1. The lowest BCUT2D eigenvalue weighted by molar-refractivity contribution is 0.184. The quantitative estimate of drug-likeness (QED) is 0.874. The predicted molar refractivity (Wildman–Crippen MR) is 62.1 cm³/mol. The van der Waals surface area contributed by atoms with Crippen molar-refractivity contribution in [2.24, 2.45) is 0 Å². The molecule has 1 aliphatic rings. The van der Waals surface area contributed by atoms with E-state index in [1.807, 2.05) is 13.8 Å². The summed E-state index contributed by atoms with van der Waals surface area (Å²) in [4.78, 5) is 0. The average molecular weight is 241 g/mol. The lowest BCUT2D eigenvalue weighted by Gasteiger charge is -2.18. The second-order valence-electron chi connectivity index (χ2n) is 4.30. The first-order chi connectivity index (χ1) is 8.17. The molecule has 0 saturated carbocycles. The van der Waals surface area contributed by atoms with Gasteiger partial charge in [-0.15, -0.1) is 0 Å². The third kappa shape index (κ3) is 2.27. The predicted octanol–water partition coefficient (Wildman–Crippen LogP) is 3.18. The number of halogens is 2. The van der Waals surface area contributed by atoms with Crippen LogP contribution < -0.4 is 10.1 Å². The molecule has 0 saturated heterocycles. The van der Waals surface area contributed by atoms with Gasteiger partial charge in [0.15, 0.2) is 0 Å². The van der Waals surface area contributed by atoms with E-state index in [-0.39, 0.29) is 12.1 Å².